The summed E-state index contributed by atoms with van der Waals surface area (Å²) < 4.78 is 7.93. The molecule has 34 heavy (non-hydrogen) atoms. The van der Waals surface area contributed by atoms with Crippen LogP contribution in [-0.4, -0.2) is 31.3 Å². The Morgan fingerprint density at radius 1 is 1.03 bits per heavy atom. The maximum absolute atomic E-state index is 13.4. The fraction of sp³-hybridized carbons (Fsp3) is 0.360. The number of aliphatic carboxylic acids is 1. The second-order valence-electron chi connectivity index (χ2n) is 8.62. The maximum atomic E-state index is 13.4. The summed E-state index contributed by atoms with van der Waals surface area (Å²) in [6.45, 7) is 8.97. The summed E-state index contributed by atoms with van der Waals surface area (Å²) in [5, 5.41) is 9.39. The van der Waals surface area contributed by atoms with Crippen LogP contribution < -0.4 is 21.7 Å². The molecule has 9 heteroatoms. The molecule has 180 valence electrons. The van der Waals surface area contributed by atoms with E-state index in [-0.39, 0.29) is 18.3 Å². The highest BCUT2D eigenvalue weighted by Gasteiger charge is 2.25. The van der Waals surface area contributed by atoms with Crippen LogP contribution in [0.15, 0.2) is 63.1 Å². The van der Waals surface area contributed by atoms with Gasteiger partial charge in [0, 0.05) is 0 Å². The van der Waals surface area contributed by atoms with Gasteiger partial charge in [0.05, 0.1) is 30.3 Å². The van der Waals surface area contributed by atoms with Crippen molar-refractivity contribution >= 4 is 11.7 Å². The lowest BCUT2D eigenvalue weighted by molar-refractivity contribution is -0.142. The molecule has 3 rings (SSSR count). The Morgan fingerprint density at radius 2 is 1.65 bits per heavy atom. The summed E-state index contributed by atoms with van der Waals surface area (Å²) in [4.78, 5) is 45.0. The zero-order valence-corrected chi connectivity index (χ0v) is 20.0. The molecule has 3 aromatic rings. The molecule has 0 saturated carbocycles. The Hall–Kier alpha value is -3.88. The van der Waals surface area contributed by atoms with E-state index in [1.807, 2.05) is 45.0 Å². The highest BCUT2D eigenvalue weighted by Crippen LogP contribution is 2.18. The minimum absolute atomic E-state index is 0.0265. The molecule has 0 unspecified atom stereocenters. The van der Waals surface area contributed by atoms with Crippen molar-refractivity contribution in [1.29, 1.82) is 0 Å². The summed E-state index contributed by atoms with van der Waals surface area (Å²) >= 11 is 0. The normalized spacial score (nSPS) is 13.6. The number of nitrogens with zero attached hydrogens (tertiary/aromatic N) is 3. The number of aromatic nitrogens is 3. The number of nitrogens with one attached hydrogen (secondary N) is 1. The van der Waals surface area contributed by atoms with Gasteiger partial charge in [-0.3, -0.25) is 14.3 Å². The number of hydrogen-bond donors (Lipinski definition) is 2. The number of aromatic amines is 1. The second kappa shape index (κ2) is 10.4. The maximum Gasteiger partial charge on any atom is 0.335 e. The predicted molar refractivity (Wildman–Crippen MR) is 129 cm³/mol. The van der Waals surface area contributed by atoms with E-state index in [4.69, 9.17) is 4.74 Å². The average Bonchev–Trinajstić information content (AvgIpc) is 2.77. The molecule has 2 aromatic carbocycles. The van der Waals surface area contributed by atoms with Crippen molar-refractivity contribution in [2.45, 2.75) is 53.3 Å². The van der Waals surface area contributed by atoms with Gasteiger partial charge in [0.15, 0.2) is 0 Å². The van der Waals surface area contributed by atoms with E-state index in [1.165, 1.54) is 18.4 Å². The van der Waals surface area contributed by atoms with E-state index in [2.05, 4.69) is 9.98 Å². The first-order valence-electron chi connectivity index (χ1n) is 11.1. The summed E-state index contributed by atoms with van der Waals surface area (Å²) in [7, 11) is 0. The number of carbonyl (C=O) groups is 1. The van der Waals surface area contributed by atoms with Gasteiger partial charge in [-0.05, 0) is 64.4 Å². The van der Waals surface area contributed by atoms with Crippen molar-refractivity contribution < 1.29 is 14.6 Å². The predicted octanol–water partition coefficient (Wildman–Crippen LogP) is 3.00. The van der Waals surface area contributed by atoms with Crippen LogP contribution in [0.4, 0.5) is 5.69 Å². The molecule has 2 atom stereocenters. The lowest BCUT2D eigenvalue weighted by Gasteiger charge is -2.19. The first-order valence-corrected chi connectivity index (χ1v) is 11.1. The lowest BCUT2D eigenvalue weighted by atomic mass is 10.0. The topological polar surface area (TPSA) is 119 Å². The third-order valence-corrected chi connectivity index (χ3v) is 5.56. The molecule has 0 aliphatic carbocycles. The van der Waals surface area contributed by atoms with Crippen LogP contribution in [-0.2, 0) is 11.3 Å². The van der Waals surface area contributed by atoms with Gasteiger partial charge in [-0.2, -0.15) is 0 Å². The van der Waals surface area contributed by atoms with Crippen LogP contribution in [0, 0.1) is 12.8 Å². The van der Waals surface area contributed by atoms with Crippen molar-refractivity contribution in [3.63, 3.8) is 0 Å². The number of rotatable bonds is 8. The van der Waals surface area contributed by atoms with Crippen LogP contribution in [0.3, 0.4) is 0 Å². The number of aryl methyl sites for hydroxylation is 1. The van der Waals surface area contributed by atoms with Gasteiger partial charge in [0.2, 0.25) is 5.62 Å². The Kier molecular flexibility index (Phi) is 7.55. The summed E-state index contributed by atoms with van der Waals surface area (Å²) in [6.07, 6.45) is 0.0265. The molecule has 0 bridgehead atoms. The smallest absolute Gasteiger partial charge is 0.335 e. The molecule has 0 aliphatic rings. The minimum Gasteiger partial charge on any atom is -0.491 e. The quantitative estimate of drug-likeness (QED) is 0.529. The zero-order valence-electron chi connectivity index (χ0n) is 20.0. The van der Waals surface area contributed by atoms with E-state index in [0.29, 0.717) is 11.4 Å². The Balaban J connectivity index is 2.17. The molecule has 1 heterocycles. The number of H-pyrrole nitrogens is 1. The summed E-state index contributed by atoms with van der Waals surface area (Å²) in [5.41, 5.74) is 1.15. The fourth-order valence-electron chi connectivity index (χ4n) is 3.42. The highest BCUT2D eigenvalue weighted by molar-refractivity contribution is 5.70. The third kappa shape index (κ3) is 5.72. The molecule has 9 nitrogen and oxygen atoms in total. The van der Waals surface area contributed by atoms with E-state index in [0.717, 1.165) is 15.7 Å². The zero-order chi connectivity index (χ0) is 25.0. The Labute approximate surface area is 197 Å². The van der Waals surface area contributed by atoms with Gasteiger partial charge in [0.1, 0.15) is 5.75 Å². The summed E-state index contributed by atoms with van der Waals surface area (Å²) in [5.74, 6) is -1.36. The molecule has 1 aromatic heterocycles. The van der Waals surface area contributed by atoms with Gasteiger partial charge in [-0.15, -0.1) is 0 Å². The average molecular weight is 467 g/mol. The first-order chi connectivity index (χ1) is 16.1. The number of benzene rings is 2. The number of ether oxygens (including phenoxy) is 1. The molecule has 0 saturated heterocycles. The van der Waals surface area contributed by atoms with E-state index in [9.17, 15) is 19.5 Å². The van der Waals surface area contributed by atoms with Crippen molar-refractivity contribution in [2.75, 3.05) is 0 Å². The summed E-state index contributed by atoms with van der Waals surface area (Å²) in [6, 6.07) is 13.8. The largest absolute Gasteiger partial charge is 0.491 e. The first kappa shape index (κ1) is 24.8. The molecular weight excluding hydrogens is 436 g/mol. The van der Waals surface area contributed by atoms with Gasteiger partial charge in [-0.1, -0.05) is 29.8 Å². The van der Waals surface area contributed by atoms with Crippen LogP contribution in [0.5, 0.6) is 5.75 Å². The van der Waals surface area contributed by atoms with E-state index in [1.54, 1.807) is 24.3 Å². The molecular formula is C25H30N4O5. The van der Waals surface area contributed by atoms with Gasteiger partial charge in [-0.25, -0.2) is 19.1 Å². The monoisotopic (exact) mass is 466 g/mol. The number of carboxylic acid groups (broad SMARTS) is 1. The molecule has 0 radical (unpaired) electrons. The molecule has 0 aliphatic heterocycles. The Bertz CT molecular complexity index is 1330. The van der Waals surface area contributed by atoms with Gasteiger partial charge < -0.3 is 9.84 Å². The van der Waals surface area contributed by atoms with Crippen LogP contribution in [0.1, 0.15) is 44.9 Å². The third-order valence-electron chi connectivity index (χ3n) is 5.56. The molecule has 0 spiro atoms. The highest BCUT2D eigenvalue weighted by atomic mass is 16.5. The standard InChI is InChI=1S/C25H30N4O5/c1-15(2)34-21-12-10-20(11-13-21)26-23-27-24(32)29(18(5)17(4)22(30)31)25(33)28(23)14-19-8-6-16(3)7-9-19/h6-13,15,17-18H,14H2,1-5H3,(H,30,31)(H,26,27,32)/t17-,18+/m0/s1. The van der Waals surface area contributed by atoms with Crippen molar-refractivity contribution in [2.24, 2.45) is 10.9 Å². The second-order valence-corrected chi connectivity index (χ2v) is 8.62. The number of hydrogen-bond acceptors (Lipinski definition) is 5. The molecule has 0 fully saturated rings. The SMILES string of the molecule is Cc1ccc(Cn2c(=O)n([C@H](C)[C@H](C)C(=O)O)c(=O)[nH]/c2=N\c2ccc(OC(C)C)cc2)cc1. The van der Waals surface area contributed by atoms with Gasteiger partial charge >= 0.3 is 17.3 Å². The van der Waals surface area contributed by atoms with E-state index < -0.39 is 29.3 Å². The van der Waals surface area contributed by atoms with E-state index >= 15 is 0 Å². The van der Waals surface area contributed by atoms with Crippen molar-refractivity contribution in [3.8, 4) is 5.75 Å². The van der Waals surface area contributed by atoms with Crippen LogP contribution >= 0.6 is 0 Å². The fourth-order valence-corrected chi connectivity index (χ4v) is 3.42. The lowest BCUT2D eigenvalue weighted by Crippen LogP contribution is -2.52. The van der Waals surface area contributed by atoms with Crippen molar-refractivity contribution in [3.05, 3.63) is 86.2 Å². The van der Waals surface area contributed by atoms with Crippen LogP contribution in [0.25, 0.3) is 0 Å². The molecule has 2 N–H and O–H groups in total. The number of carboxylic acids is 1. The van der Waals surface area contributed by atoms with Gasteiger partial charge in [0.25, 0.3) is 0 Å². The molecule has 0 amide bonds. The minimum atomic E-state index is -1.10. The van der Waals surface area contributed by atoms with Crippen molar-refractivity contribution in [1.82, 2.24) is 14.1 Å². The van der Waals surface area contributed by atoms with Crippen LogP contribution in [0.2, 0.25) is 0 Å². The Morgan fingerprint density at radius 3 is 2.21 bits per heavy atom.